The molecule has 1 rings (SSSR count). The Bertz CT molecular complexity index is 430. The number of rotatable bonds is 5. The smallest absolute Gasteiger partial charge is 0.340 e. The number of hydrogen-bond acceptors (Lipinski definition) is 5. The third kappa shape index (κ3) is 3.61. The maximum atomic E-state index is 11.5. The Hall–Kier alpha value is -1.78. The van der Waals surface area contributed by atoms with Crippen molar-refractivity contribution < 1.29 is 9.53 Å². The van der Waals surface area contributed by atoms with E-state index in [1.807, 2.05) is 0 Å². The molecule has 0 aromatic carbocycles. The van der Waals surface area contributed by atoms with Gasteiger partial charge in [0.25, 0.3) is 0 Å². The van der Waals surface area contributed by atoms with Gasteiger partial charge in [-0.2, -0.15) is 0 Å². The van der Waals surface area contributed by atoms with Crippen LogP contribution in [0.3, 0.4) is 0 Å². The van der Waals surface area contributed by atoms with E-state index in [-0.39, 0.29) is 5.41 Å². The number of ether oxygens (including phenoxy) is 1. The molecule has 0 fully saturated rings. The fourth-order valence-electron chi connectivity index (χ4n) is 1.30. The van der Waals surface area contributed by atoms with Crippen molar-refractivity contribution in [2.24, 2.45) is 5.41 Å². The summed E-state index contributed by atoms with van der Waals surface area (Å²) in [6.45, 7) is 7.25. The molecular weight excluding hydrogens is 230 g/mol. The maximum absolute atomic E-state index is 11.5. The summed E-state index contributed by atoms with van der Waals surface area (Å²) in [6, 6.07) is 1.62. The van der Waals surface area contributed by atoms with E-state index < -0.39 is 5.97 Å². The summed E-state index contributed by atoms with van der Waals surface area (Å²) in [4.78, 5) is 15.6. The average molecular weight is 251 g/mol. The predicted octanol–water partition coefficient (Wildman–Crippen LogP) is 2.30. The second kappa shape index (κ2) is 5.71. The molecule has 0 amide bonds. The molecule has 0 saturated carbocycles. The van der Waals surface area contributed by atoms with Crippen molar-refractivity contribution in [3.8, 4) is 0 Å². The number of aromatic nitrogens is 1. The van der Waals surface area contributed by atoms with E-state index in [0.29, 0.717) is 17.1 Å². The number of anilines is 2. The molecule has 0 bridgehead atoms. The van der Waals surface area contributed by atoms with Crippen molar-refractivity contribution in [3.05, 3.63) is 17.8 Å². The summed E-state index contributed by atoms with van der Waals surface area (Å²) < 4.78 is 4.66. The number of nitrogens with zero attached hydrogens (tertiary/aromatic N) is 1. The second-order valence-electron chi connectivity index (χ2n) is 5.02. The highest BCUT2D eigenvalue weighted by Gasteiger charge is 2.16. The summed E-state index contributed by atoms with van der Waals surface area (Å²) in [5, 5.41) is 3.21. The average Bonchev–Trinajstić information content (AvgIpc) is 2.37. The van der Waals surface area contributed by atoms with Crippen LogP contribution in [-0.2, 0) is 4.74 Å². The standard InChI is InChI=1S/C13H21N3O2/c1-5-13(2,3)8-16-11-6-9(12(17)18-4)10(14)7-15-11/h6-7H,5,8,14H2,1-4H3,(H,15,16). The normalized spacial score (nSPS) is 11.1. The lowest BCUT2D eigenvalue weighted by atomic mass is 9.90. The zero-order valence-corrected chi connectivity index (χ0v) is 11.4. The first-order valence-electron chi connectivity index (χ1n) is 5.97. The quantitative estimate of drug-likeness (QED) is 0.785. The van der Waals surface area contributed by atoms with Gasteiger partial charge >= 0.3 is 5.97 Å². The number of hydrogen-bond donors (Lipinski definition) is 2. The van der Waals surface area contributed by atoms with Crippen molar-refractivity contribution in [3.63, 3.8) is 0 Å². The molecule has 5 heteroatoms. The molecule has 0 aliphatic carbocycles. The van der Waals surface area contributed by atoms with Gasteiger partial charge in [0.1, 0.15) is 5.82 Å². The van der Waals surface area contributed by atoms with Crippen molar-refractivity contribution in [1.29, 1.82) is 0 Å². The van der Waals surface area contributed by atoms with Gasteiger partial charge in [-0.15, -0.1) is 0 Å². The molecular formula is C13H21N3O2. The van der Waals surface area contributed by atoms with Gasteiger partial charge in [-0.25, -0.2) is 9.78 Å². The van der Waals surface area contributed by atoms with Gasteiger partial charge in [0.15, 0.2) is 0 Å². The minimum absolute atomic E-state index is 0.175. The zero-order valence-electron chi connectivity index (χ0n) is 11.4. The van der Waals surface area contributed by atoms with Crippen LogP contribution in [-0.4, -0.2) is 24.6 Å². The molecule has 0 unspecified atom stereocenters. The van der Waals surface area contributed by atoms with Crippen LogP contribution in [0.25, 0.3) is 0 Å². The first-order chi connectivity index (χ1) is 8.39. The van der Waals surface area contributed by atoms with Crippen LogP contribution in [0.1, 0.15) is 37.6 Å². The molecule has 0 aliphatic rings. The topological polar surface area (TPSA) is 77.2 Å². The van der Waals surface area contributed by atoms with E-state index >= 15 is 0 Å². The summed E-state index contributed by atoms with van der Waals surface area (Å²) in [6.07, 6.45) is 2.52. The third-order valence-electron chi connectivity index (χ3n) is 3.05. The van der Waals surface area contributed by atoms with Crippen molar-refractivity contribution >= 4 is 17.5 Å². The lowest BCUT2D eigenvalue weighted by molar-refractivity contribution is 0.0602. The lowest BCUT2D eigenvalue weighted by Gasteiger charge is -2.23. The number of carbonyl (C=O) groups is 1. The second-order valence-corrected chi connectivity index (χ2v) is 5.02. The van der Waals surface area contributed by atoms with Gasteiger partial charge < -0.3 is 15.8 Å². The van der Waals surface area contributed by atoms with Crippen LogP contribution < -0.4 is 11.1 Å². The lowest BCUT2D eigenvalue weighted by Crippen LogP contribution is -2.22. The molecule has 1 aromatic heterocycles. The number of nitrogens with one attached hydrogen (secondary N) is 1. The van der Waals surface area contributed by atoms with Gasteiger partial charge in [0.05, 0.1) is 24.6 Å². The van der Waals surface area contributed by atoms with Gasteiger partial charge in [0, 0.05) is 6.54 Å². The van der Waals surface area contributed by atoms with Gasteiger partial charge in [-0.05, 0) is 17.9 Å². The molecule has 0 aliphatic heterocycles. The predicted molar refractivity (Wildman–Crippen MR) is 72.6 cm³/mol. The number of pyridine rings is 1. The largest absolute Gasteiger partial charge is 0.465 e. The monoisotopic (exact) mass is 251 g/mol. The summed E-state index contributed by atoms with van der Waals surface area (Å²) in [7, 11) is 1.33. The number of nitrogens with two attached hydrogens (primary N) is 1. The van der Waals surface area contributed by atoms with Crippen LogP contribution in [0.4, 0.5) is 11.5 Å². The van der Waals surface area contributed by atoms with E-state index in [0.717, 1.165) is 13.0 Å². The minimum atomic E-state index is -0.451. The molecule has 0 spiro atoms. The number of carbonyl (C=O) groups excluding carboxylic acids is 1. The Morgan fingerprint density at radius 1 is 1.56 bits per heavy atom. The Kier molecular flexibility index (Phi) is 4.53. The van der Waals surface area contributed by atoms with E-state index in [9.17, 15) is 4.79 Å². The van der Waals surface area contributed by atoms with Crippen LogP contribution in [0.15, 0.2) is 12.3 Å². The van der Waals surface area contributed by atoms with Crippen LogP contribution in [0.2, 0.25) is 0 Å². The van der Waals surface area contributed by atoms with Crippen LogP contribution in [0.5, 0.6) is 0 Å². The Morgan fingerprint density at radius 2 is 2.22 bits per heavy atom. The number of esters is 1. The molecule has 1 heterocycles. The van der Waals surface area contributed by atoms with Crippen LogP contribution >= 0.6 is 0 Å². The van der Waals surface area contributed by atoms with Crippen molar-refractivity contribution in [1.82, 2.24) is 4.98 Å². The van der Waals surface area contributed by atoms with E-state index in [1.165, 1.54) is 13.3 Å². The van der Waals surface area contributed by atoms with E-state index in [2.05, 4.69) is 35.8 Å². The van der Waals surface area contributed by atoms with Crippen molar-refractivity contribution in [2.45, 2.75) is 27.2 Å². The van der Waals surface area contributed by atoms with E-state index in [4.69, 9.17) is 5.73 Å². The Morgan fingerprint density at radius 3 is 2.78 bits per heavy atom. The molecule has 18 heavy (non-hydrogen) atoms. The van der Waals surface area contributed by atoms with Gasteiger partial charge in [-0.3, -0.25) is 0 Å². The minimum Gasteiger partial charge on any atom is -0.465 e. The Balaban J connectivity index is 2.83. The summed E-state index contributed by atoms with van der Waals surface area (Å²) >= 11 is 0. The molecule has 0 atom stereocenters. The first-order valence-corrected chi connectivity index (χ1v) is 5.97. The van der Waals surface area contributed by atoms with Gasteiger partial charge in [-0.1, -0.05) is 20.8 Å². The molecule has 3 N–H and O–H groups in total. The highest BCUT2D eigenvalue weighted by molar-refractivity contribution is 5.95. The SMILES string of the molecule is CCC(C)(C)CNc1cc(C(=O)OC)c(N)cn1. The number of methoxy groups -OCH3 is 1. The van der Waals surface area contributed by atoms with Crippen molar-refractivity contribution in [2.75, 3.05) is 24.7 Å². The van der Waals surface area contributed by atoms with Gasteiger partial charge in [0.2, 0.25) is 0 Å². The summed E-state index contributed by atoms with van der Waals surface area (Å²) in [5.41, 5.74) is 6.52. The molecule has 0 saturated heterocycles. The number of nitrogen functional groups attached to an aromatic ring is 1. The molecule has 0 radical (unpaired) electrons. The van der Waals surface area contributed by atoms with Crippen LogP contribution in [0, 0.1) is 5.41 Å². The molecule has 5 nitrogen and oxygen atoms in total. The third-order valence-corrected chi connectivity index (χ3v) is 3.05. The molecule has 100 valence electrons. The first kappa shape index (κ1) is 14.3. The highest BCUT2D eigenvalue weighted by atomic mass is 16.5. The highest BCUT2D eigenvalue weighted by Crippen LogP contribution is 2.21. The zero-order chi connectivity index (χ0) is 13.8. The molecule has 1 aromatic rings. The fraction of sp³-hybridized carbons (Fsp3) is 0.538. The Labute approximate surface area is 108 Å². The fourth-order valence-corrected chi connectivity index (χ4v) is 1.30. The maximum Gasteiger partial charge on any atom is 0.340 e. The van der Waals surface area contributed by atoms with E-state index in [1.54, 1.807) is 6.07 Å². The summed E-state index contributed by atoms with van der Waals surface area (Å²) in [5.74, 6) is 0.179.